The van der Waals surface area contributed by atoms with Crippen LogP contribution in [-0.4, -0.2) is 21.8 Å². The van der Waals surface area contributed by atoms with E-state index in [0.29, 0.717) is 11.1 Å². The van der Waals surface area contributed by atoms with E-state index < -0.39 is 0 Å². The molecule has 2 aliphatic carbocycles. The molecule has 0 saturated heterocycles. The van der Waals surface area contributed by atoms with Crippen LogP contribution in [0.2, 0.25) is 0 Å². The lowest BCUT2D eigenvalue weighted by Crippen LogP contribution is -2.26. The van der Waals surface area contributed by atoms with E-state index in [1.54, 1.807) is 36.7 Å². The van der Waals surface area contributed by atoms with Crippen molar-refractivity contribution in [2.75, 3.05) is 0 Å². The number of fused-ring (bicyclic) bond motifs is 2. The molecule has 0 spiro atoms. The van der Waals surface area contributed by atoms with E-state index in [1.165, 1.54) is 12.2 Å². The molecule has 0 amide bonds. The third kappa shape index (κ3) is 2.65. The molecule has 1 aromatic heterocycles. The summed E-state index contributed by atoms with van der Waals surface area (Å²) < 4.78 is 0. The highest BCUT2D eigenvalue weighted by atomic mass is 16.1. The smallest absolute Gasteiger partial charge is 0.186 e. The Morgan fingerprint density at radius 1 is 0.857 bits per heavy atom. The average Bonchev–Trinajstić information content (AvgIpc) is 3.06. The number of aromatic nitrogens is 2. The summed E-state index contributed by atoms with van der Waals surface area (Å²) in [6.07, 6.45) is 13.7. The number of aromatic amines is 1. The van der Waals surface area contributed by atoms with Crippen LogP contribution in [0.5, 0.6) is 0 Å². The van der Waals surface area contributed by atoms with Crippen LogP contribution in [0, 0.1) is 0 Å². The zero-order valence-corrected chi connectivity index (χ0v) is 11.1. The maximum atomic E-state index is 11.6. The maximum absolute atomic E-state index is 11.6. The van der Waals surface area contributed by atoms with Gasteiger partial charge in [0.1, 0.15) is 0 Å². The minimum absolute atomic E-state index is 0.00398. The minimum Gasteiger partial charge on any atom is -0.289 e. The summed E-state index contributed by atoms with van der Waals surface area (Å²) in [6, 6.07) is 5.41. The maximum Gasteiger partial charge on any atom is 0.186 e. The summed E-state index contributed by atoms with van der Waals surface area (Å²) in [6.45, 7) is 0. The molecule has 0 atom stereocenters. The number of rotatable bonds is 0. The van der Waals surface area contributed by atoms with Gasteiger partial charge in [-0.15, -0.1) is 0 Å². The molecule has 4 heteroatoms. The molecule has 21 heavy (non-hydrogen) atoms. The fourth-order valence-corrected chi connectivity index (χ4v) is 2.21. The predicted octanol–water partition coefficient (Wildman–Crippen LogP) is 1.16. The molecule has 1 N–H and O–H groups in total. The average molecular weight is 276 g/mol. The van der Waals surface area contributed by atoms with E-state index in [0.717, 1.165) is 10.4 Å². The molecule has 2 aliphatic rings. The molecule has 0 fully saturated rings. The number of nitrogens with zero attached hydrogens (tertiary/aromatic N) is 1. The highest BCUT2D eigenvalue weighted by Gasteiger charge is 2.13. The monoisotopic (exact) mass is 276 g/mol. The first-order valence-corrected chi connectivity index (χ1v) is 6.49. The van der Waals surface area contributed by atoms with Gasteiger partial charge in [0.05, 0.1) is 0 Å². The number of nitrogens with one attached hydrogen (secondary N) is 1. The van der Waals surface area contributed by atoms with Gasteiger partial charge in [0.2, 0.25) is 0 Å². The first kappa shape index (κ1) is 13.0. The summed E-state index contributed by atoms with van der Waals surface area (Å²) in [7, 11) is 0. The number of carbonyl (C=O) groups excluding carboxylic acids is 2. The lowest BCUT2D eigenvalue weighted by Gasteiger charge is -2.07. The topological polar surface area (TPSA) is 62.8 Å². The van der Waals surface area contributed by atoms with Gasteiger partial charge in [-0.3, -0.25) is 14.7 Å². The van der Waals surface area contributed by atoms with Crippen LogP contribution in [0.25, 0.3) is 12.2 Å². The fourth-order valence-electron chi connectivity index (χ4n) is 2.21. The van der Waals surface area contributed by atoms with Crippen LogP contribution in [0.15, 0.2) is 54.9 Å². The number of H-pyrrole nitrogens is 1. The number of carbonyl (C=O) groups is 2. The number of hydrogen-bond donors (Lipinski definition) is 1. The fraction of sp³-hybridized carbons (Fsp3) is 0. The number of ketones is 2. The van der Waals surface area contributed by atoms with Crippen LogP contribution >= 0.6 is 0 Å². The van der Waals surface area contributed by atoms with Crippen LogP contribution in [0.3, 0.4) is 0 Å². The Kier molecular flexibility index (Phi) is 3.43. The molecule has 4 nitrogen and oxygen atoms in total. The normalized spacial score (nSPS) is 14.3. The Hall–Kier alpha value is -3.01. The molecule has 0 saturated carbocycles. The largest absolute Gasteiger partial charge is 0.289 e. The predicted molar refractivity (Wildman–Crippen MR) is 80.2 cm³/mol. The van der Waals surface area contributed by atoms with Gasteiger partial charge in [0.15, 0.2) is 11.6 Å². The van der Waals surface area contributed by atoms with Crippen molar-refractivity contribution < 1.29 is 9.59 Å². The number of allylic oxidation sites excluding steroid dienone is 4. The van der Waals surface area contributed by atoms with E-state index in [2.05, 4.69) is 10.2 Å². The number of benzene rings is 1. The van der Waals surface area contributed by atoms with Crippen LogP contribution < -0.4 is 10.4 Å². The molecule has 0 radical (unpaired) electrons. The third-order valence-electron chi connectivity index (χ3n) is 3.21. The highest BCUT2D eigenvalue weighted by Crippen LogP contribution is 2.04. The molecule has 102 valence electrons. The van der Waals surface area contributed by atoms with Gasteiger partial charge in [-0.2, -0.15) is 5.10 Å². The van der Waals surface area contributed by atoms with Gasteiger partial charge >= 0.3 is 0 Å². The lowest BCUT2D eigenvalue weighted by molar-refractivity contribution is 0.103. The van der Waals surface area contributed by atoms with Crippen LogP contribution in [0.1, 0.15) is 20.7 Å². The molecule has 2 aromatic rings. The summed E-state index contributed by atoms with van der Waals surface area (Å²) in [4.78, 5) is 23.3. The lowest BCUT2D eigenvalue weighted by atomic mass is 9.95. The Morgan fingerprint density at radius 2 is 1.43 bits per heavy atom. The van der Waals surface area contributed by atoms with E-state index in [4.69, 9.17) is 0 Å². The van der Waals surface area contributed by atoms with Crippen LogP contribution in [-0.2, 0) is 0 Å². The van der Waals surface area contributed by atoms with Crippen molar-refractivity contribution in [3.63, 3.8) is 0 Å². The molecule has 1 heterocycles. The van der Waals surface area contributed by atoms with Crippen molar-refractivity contribution in [1.29, 1.82) is 0 Å². The Balaban J connectivity index is 0.000000225. The Bertz CT molecular complexity index is 793. The minimum atomic E-state index is -0.00398. The third-order valence-corrected chi connectivity index (χ3v) is 3.21. The second-order valence-electron chi connectivity index (χ2n) is 4.57. The molecular weight excluding hydrogens is 264 g/mol. The van der Waals surface area contributed by atoms with E-state index >= 15 is 0 Å². The van der Waals surface area contributed by atoms with E-state index in [-0.39, 0.29) is 11.6 Å². The summed E-state index contributed by atoms with van der Waals surface area (Å²) >= 11 is 0. The second-order valence-corrected chi connectivity index (χ2v) is 4.57. The molecule has 0 unspecified atom stereocenters. The first-order valence-electron chi connectivity index (χ1n) is 6.49. The number of hydrogen-bond acceptors (Lipinski definition) is 3. The first-order chi connectivity index (χ1) is 10.3. The quantitative estimate of drug-likeness (QED) is 0.785. The molecule has 4 rings (SSSR count). The van der Waals surface area contributed by atoms with E-state index in [1.807, 2.05) is 18.2 Å². The van der Waals surface area contributed by atoms with Crippen molar-refractivity contribution >= 4 is 23.7 Å². The van der Waals surface area contributed by atoms with Gasteiger partial charge in [-0.1, -0.05) is 24.3 Å². The standard InChI is InChI=1S/C14H8O2.C3H4N2/c15-13-5-1-3-9-7-12-10(8-11(9)13)4-2-6-14(12)16;1-2-4-5-3-1/h1-8H;1-3H,(H,4,5). The second kappa shape index (κ2) is 5.54. The molecule has 0 bridgehead atoms. The van der Waals surface area contributed by atoms with Crippen molar-refractivity contribution in [2.45, 2.75) is 0 Å². The molecule has 1 aromatic carbocycles. The SMILES string of the molecule is O=C1C=CC=c2cc3c(cc21)=CC=CC3=O.c1cn[nH]c1. The van der Waals surface area contributed by atoms with Crippen molar-refractivity contribution in [3.8, 4) is 0 Å². The summed E-state index contributed by atoms with van der Waals surface area (Å²) in [5, 5.41) is 7.85. The van der Waals surface area contributed by atoms with Crippen molar-refractivity contribution in [2.24, 2.45) is 0 Å². The summed E-state index contributed by atoms with van der Waals surface area (Å²) in [5.41, 5.74) is 1.33. The zero-order valence-electron chi connectivity index (χ0n) is 11.1. The van der Waals surface area contributed by atoms with Gasteiger partial charge in [-0.25, -0.2) is 0 Å². The van der Waals surface area contributed by atoms with Gasteiger partial charge in [0, 0.05) is 23.5 Å². The summed E-state index contributed by atoms with van der Waals surface area (Å²) in [5.74, 6) is -0.00796. The van der Waals surface area contributed by atoms with Gasteiger partial charge in [0.25, 0.3) is 0 Å². The zero-order chi connectivity index (χ0) is 14.7. The van der Waals surface area contributed by atoms with Crippen molar-refractivity contribution in [3.05, 3.63) is 76.5 Å². The highest BCUT2D eigenvalue weighted by molar-refractivity contribution is 6.10. The van der Waals surface area contributed by atoms with E-state index in [9.17, 15) is 9.59 Å². The Morgan fingerprint density at radius 3 is 1.81 bits per heavy atom. The Labute approximate surface area is 120 Å². The van der Waals surface area contributed by atoms with Gasteiger partial charge < -0.3 is 0 Å². The van der Waals surface area contributed by atoms with Crippen LogP contribution in [0.4, 0.5) is 0 Å². The molecular formula is C17H12N2O2. The van der Waals surface area contributed by atoms with Gasteiger partial charge in [-0.05, 0) is 40.8 Å². The molecule has 0 aliphatic heterocycles. The van der Waals surface area contributed by atoms with Crippen molar-refractivity contribution in [1.82, 2.24) is 10.2 Å².